The van der Waals surface area contributed by atoms with Crippen molar-refractivity contribution in [3.63, 3.8) is 0 Å². The van der Waals surface area contributed by atoms with Gasteiger partial charge >= 0.3 is 34.7 Å². The van der Waals surface area contributed by atoms with Crippen molar-refractivity contribution in [3.8, 4) is 0 Å². The predicted octanol–water partition coefficient (Wildman–Crippen LogP) is -1.84. The van der Waals surface area contributed by atoms with Crippen LogP contribution in [0.5, 0.6) is 0 Å². The molecule has 0 rings (SSSR count). The fourth-order valence-corrected chi connectivity index (χ4v) is 0. The third-order valence-corrected chi connectivity index (χ3v) is 0. The first-order valence-electron chi connectivity index (χ1n) is 0. The summed E-state index contributed by atoms with van der Waals surface area (Å²) in [5.74, 6) is 0. The Morgan fingerprint density at radius 2 is 0.231 bits per heavy atom. The first kappa shape index (κ1) is 690. The molecule has 0 amide bonds. The number of hydrogen-bond acceptors (Lipinski definition) is 0. The molecule has 0 bridgehead atoms. The molecular weight excluding hydrogens is 566 g/mol. The van der Waals surface area contributed by atoms with Gasteiger partial charge < -0.3 is 49.3 Å². The van der Waals surface area contributed by atoms with Gasteiger partial charge in [0, 0.05) is 42.1 Å². The van der Waals surface area contributed by atoms with Crippen LogP contribution >= 0.6 is 0 Å². The van der Waals surface area contributed by atoms with Crippen LogP contribution in [0.2, 0.25) is 0 Å². The maximum Gasteiger partial charge on any atom is 3.00 e. The monoisotopic (exact) mass is 566 g/mol. The first-order chi connectivity index (χ1) is 0. The van der Waals surface area contributed by atoms with Crippen LogP contribution in [0, 0.1) is 0 Å². The van der Waals surface area contributed by atoms with E-state index in [1.807, 2.05) is 0 Å². The standard InChI is InChI=1S/2Al.9O.2W/q2*+3;9*-2;;. The molecule has 0 saturated heterocycles. The van der Waals surface area contributed by atoms with Crippen LogP contribution in [-0.2, 0) is 91.4 Å². The van der Waals surface area contributed by atoms with E-state index >= 15 is 0 Å². The Kier molecular flexibility index (Phi) is 29500. The molecular formula is Al2O9W2-12. The summed E-state index contributed by atoms with van der Waals surface area (Å²) in [6, 6.07) is 0. The van der Waals surface area contributed by atoms with Crippen LogP contribution in [-0.4, -0.2) is 34.7 Å². The molecule has 0 aromatic heterocycles. The van der Waals surface area contributed by atoms with Crippen LogP contribution in [0.3, 0.4) is 0 Å². The molecule has 0 aliphatic carbocycles. The third kappa shape index (κ3) is 474. The molecule has 0 atom stereocenters. The van der Waals surface area contributed by atoms with Gasteiger partial charge in [-0.1, -0.05) is 0 Å². The Morgan fingerprint density at radius 3 is 0.231 bits per heavy atom. The minimum Gasteiger partial charge on any atom is -2.00 e. The first-order valence-corrected chi connectivity index (χ1v) is 0. The van der Waals surface area contributed by atoms with E-state index in [0.29, 0.717) is 0 Å². The van der Waals surface area contributed by atoms with Crippen LogP contribution < -0.4 is 0 Å². The summed E-state index contributed by atoms with van der Waals surface area (Å²) < 4.78 is 0. The van der Waals surface area contributed by atoms with E-state index in [1.54, 1.807) is 0 Å². The molecule has 0 aromatic carbocycles. The molecule has 0 heterocycles. The molecule has 0 radical (unpaired) electrons. The summed E-state index contributed by atoms with van der Waals surface area (Å²) in [4.78, 5) is 0. The minimum atomic E-state index is 0. The SMILES string of the molecule is [Al+3].[Al+3].[O-2].[O-2].[O-2].[O-2].[O-2].[O-2].[O-2].[O-2].[O-2].[W].[W]. The smallest absolute Gasteiger partial charge is 2.00 e. The molecule has 0 aromatic rings. The van der Waals surface area contributed by atoms with E-state index in [1.165, 1.54) is 0 Å². The average Bonchev–Trinajstić information content (AvgIpc) is 0. The van der Waals surface area contributed by atoms with Gasteiger partial charge in [0.05, 0.1) is 0 Å². The zero-order valence-corrected chi connectivity index (χ0v) is 13.8. The fourth-order valence-electron chi connectivity index (χ4n) is 0. The van der Waals surface area contributed by atoms with Crippen LogP contribution in [0.25, 0.3) is 0 Å². The van der Waals surface area contributed by atoms with Crippen LogP contribution in [0.4, 0.5) is 0 Å². The Balaban J connectivity index is 0. The van der Waals surface area contributed by atoms with Gasteiger partial charge in [-0.25, -0.2) is 0 Å². The maximum absolute atomic E-state index is 0. The van der Waals surface area contributed by atoms with E-state index in [0.717, 1.165) is 0 Å². The Bertz CT molecular complexity index is 15.6. The Hall–Kier alpha value is 2.08. The van der Waals surface area contributed by atoms with Crippen molar-refractivity contribution in [3.05, 3.63) is 0 Å². The van der Waals surface area contributed by atoms with E-state index in [4.69, 9.17) is 0 Å². The van der Waals surface area contributed by atoms with E-state index < -0.39 is 0 Å². The van der Waals surface area contributed by atoms with Crippen LogP contribution in [0.1, 0.15) is 0 Å². The van der Waals surface area contributed by atoms with Crippen molar-refractivity contribution < 1.29 is 91.4 Å². The maximum atomic E-state index is 0. The van der Waals surface area contributed by atoms with E-state index in [2.05, 4.69) is 0 Å². The number of hydrogen-bond donors (Lipinski definition) is 0. The second-order valence-corrected chi connectivity index (χ2v) is 0. The molecule has 0 unspecified atom stereocenters. The second-order valence-electron chi connectivity index (χ2n) is 0. The average molecular weight is 566 g/mol. The van der Waals surface area contributed by atoms with Gasteiger partial charge in [-0.2, -0.15) is 0 Å². The molecule has 9 nitrogen and oxygen atoms in total. The summed E-state index contributed by atoms with van der Waals surface area (Å²) in [7, 11) is 0. The third-order valence-electron chi connectivity index (χ3n) is 0. The molecule has 0 saturated carbocycles. The molecule has 13 heteroatoms. The summed E-state index contributed by atoms with van der Waals surface area (Å²) in [6.45, 7) is 0. The Labute approximate surface area is 125 Å². The van der Waals surface area contributed by atoms with Crippen molar-refractivity contribution in [1.82, 2.24) is 0 Å². The molecule has 84 valence electrons. The molecule has 0 spiro atoms. The normalized spacial score (nSPS) is 0. The number of rotatable bonds is 0. The van der Waals surface area contributed by atoms with Gasteiger partial charge in [0.1, 0.15) is 0 Å². The molecule has 0 aliphatic heterocycles. The van der Waals surface area contributed by atoms with E-state index in [9.17, 15) is 0 Å². The van der Waals surface area contributed by atoms with Gasteiger partial charge in [0.15, 0.2) is 0 Å². The van der Waals surface area contributed by atoms with Crippen LogP contribution in [0.15, 0.2) is 0 Å². The largest absolute Gasteiger partial charge is 3.00 e. The van der Waals surface area contributed by atoms with Gasteiger partial charge in [-0.05, 0) is 0 Å². The zero-order chi connectivity index (χ0) is 0. The van der Waals surface area contributed by atoms with Gasteiger partial charge in [0.25, 0.3) is 0 Å². The topological polar surface area (TPSA) is 256 Å². The molecule has 13 heavy (non-hydrogen) atoms. The quantitative estimate of drug-likeness (QED) is 0.293. The second kappa shape index (κ2) is 556. The van der Waals surface area contributed by atoms with E-state index in [-0.39, 0.29) is 126 Å². The van der Waals surface area contributed by atoms with Crippen molar-refractivity contribution in [2.45, 2.75) is 0 Å². The van der Waals surface area contributed by atoms with Gasteiger partial charge in [0.2, 0.25) is 0 Å². The minimum absolute atomic E-state index is 0. The van der Waals surface area contributed by atoms with Gasteiger partial charge in [-0.3, -0.25) is 0 Å². The van der Waals surface area contributed by atoms with Crippen molar-refractivity contribution >= 4 is 34.7 Å². The molecule has 0 N–H and O–H groups in total. The molecule has 0 aliphatic rings. The fraction of sp³-hybridized carbons (Fsp3) is 0. The van der Waals surface area contributed by atoms with Gasteiger partial charge in [-0.15, -0.1) is 0 Å². The summed E-state index contributed by atoms with van der Waals surface area (Å²) >= 11 is 0. The van der Waals surface area contributed by atoms with Crippen molar-refractivity contribution in [1.29, 1.82) is 0 Å². The summed E-state index contributed by atoms with van der Waals surface area (Å²) in [5.41, 5.74) is 0. The predicted molar refractivity (Wildman–Crippen MR) is 17.7 cm³/mol. The van der Waals surface area contributed by atoms with Crippen molar-refractivity contribution in [2.75, 3.05) is 0 Å². The zero-order valence-electron chi connectivity index (χ0n) is 5.65. The summed E-state index contributed by atoms with van der Waals surface area (Å²) in [6.07, 6.45) is 0. The van der Waals surface area contributed by atoms with Crippen molar-refractivity contribution in [2.24, 2.45) is 0 Å². The summed E-state index contributed by atoms with van der Waals surface area (Å²) in [5, 5.41) is 0. The Morgan fingerprint density at radius 1 is 0.231 bits per heavy atom. The molecule has 0 fully saturated rings.